The zero-order valence-electron chi connectivity index (χ0n) is 10.2. The average molecular weight is 282 g/mol. The number of thioether (sulfide) groups is 1. The lowest BCUT2D eigenvalue weighted by atomic mass is 10.2. The van der Waals surface area contributed by atoms with Crippen molar-refractivity contribution in [3.05, 3.63) is 0 Å². The molecule has 2 fully saturated rings. The molecule has 0 saturated carbocycles. The van der Waals surface area contributed by atoms with Gasteiger partial charge >= 0.3 is 6.18 Å². The van der Waals surface area contributed by atoms with Crippen LogP contribution in [-0.4, -0.2) is 65.1 Å². The molecule has 3 nitrogen and oxygen atoms in total. The zero-order chi connectivity index (χ0) is 13.3. The average Bonchev–Trinajstić information content (AvgIpc) is 2.58. The Morgan fingerprint density at radius 1 is 1.39 bits per heavy atom. The molecule has 2 rings (SSSR count). The Kier molecular flexibility index (Phi) is 4.11. The molecule has 2 saturated heterocycles. The first kappa shape index (κ1) is 14.0. The van der Waals surface area contributed by atoms with Gasteiger partial charge < -0.3 is 4.90 Å². The molecule has 2 aliphatic heterocycles. The first-order valence-corrected chi connectivity index (χ1v) is 7.13. The summed E-state index contributed by atoms with van der Waals surface area (Å²) in [6.45, 7) is 2.79. The van der Waals surface area contributed by atoms with Crippen LogP contribution in [0.1, 0.15) is 13.3 Å². The zero-order valence-corrected chi connectivity index (χ0v) is 11.1. The molecular formula is C11H17F3N2OS. The summed E-state index contributed by atoms with van der Waals surface area (Å²) in [6.07, 6.45) is -3.78. The Bertz CT molecular complexity index is 324. The van der Waals surface area contributed by atoms with Gasteiger partial charge in [0.15, 0.2) is 0 Å². The van der Waals surface area contributed by atoms with E-state index in [1.165, 1.54) is 0 Å². The molecule has 2 atom stereocenters. The van der Waals surface area contributed by atoms with Crippen LogP contribution < -0.4 is 0 Å². The molecule has 104 valence electrons. The Morgan fingerprint density at radius 2 is 2.11 bits per heavy atom. The van der Waals surface area contributed by atoms with Crippen LogP contribution in [0.2, 0.25) is 0 Å². The van der Waals surface area contributed by atoms with Crippen molar-refractivity contribution >= 4 is 17.7 Å². The molecule has 0 unspecified atom stereocenters. The normalized spacial score (nSPS) is 31.1. The van der Waals surface area contributed by atoms with Crippen LogP contribution >= 0.6 is 11.8 Å². The standard InChI is InChI=1S/C11H17F3N2OS/c1-8-6-15(4-5-18-8)9-2-3-16(10(9)17)7-11(12,13)14/h8-9H,2-7H2,1H3/t8-,9-/m1/s1. The maximum absolute atomic E-state index is 12.3. The van der Waals surface area contributed by atoms with Crippen LogP contribution in [0, 0.1) is 0 Å². The summed E-state index contributed by atoms with van der Waals surface area (Å²) in [6, 6.07) is -0.337. The van der Waals surface area contributed by atoms with Crippen molar-refractivity contribution < 1.29 is 18.0 Å². The molecule has 0 aromatic rings. The fraction of sp³-hybridized carbons (Fsp3) is 0.909. The maximum Gasteiger partial charge on any atom is 0.406 e. The second-order valence-corrected chi connectivity index (χ2v) is 6.40. The van der Waals surface area contributed by atoms with E-state index in [9.17, 15) is 18.0 Å². The van der Waals surface area contributed by atoms with Gasteiger partial charge in [-0.15, -0.1) is 0 Å². The van der Waals surface area contributed by atoms with Crippen LogP contribution in [-0.2, 0) is 4.79 Å². The summed E-state index contributed by atoms with van der Waals surface area (Å²) >= 11 is 1.85. The number of halogens is 3. The molecule has 2 aliphatic rings. The van der Waals surface area contributed by atoms with E-state index in [0.29, 0.717) is 11.7 Å². The van der Waals surface area contributed by atoms with Crippen molar-refractivity contribution in [2.75, 3.05) is 31.9 Å². The van der Waals surface area contributed by atoms with Gasteiger partial charge in [-0.3, -0.25) is 9.69 Å². The quantitative estimate of drug-likeness (QED) is 0.768. The molecule has 0 aromatic heterocycles. The van der Waals surface area contributed by atoms with Crippen molar-refractivity contribution in [3.8, 4) is 0 Å². The maximum atomic E-state index is 12.3. The van der Waals surface area contributed by atoms with E-state index < -0.39 is 12.7 Å². The van der Waals surface area contributed by atoms with Crippen LogP contribution in [0.5, 0.6) is 0 Å². The van der Waals surface area contributed by atoms with E-state index in [0.717, 1.165) is 23.7 Å². The lowest BCUT2D eigenvalue weighted by Gasteiger charge is -2.34. The van der Waals surface area contributed by atoms with Crippen molar-refractivity contribution in [1.29, 1.82) is 0 Å². The SMILES string of the molecule is C[C@@H]1CN([C@@H]2CCN(CC(F)(F)F)C2=O)CCS1. The lowest BCUT2D eigenvalue weighted by Crippen LogP contribution is -2.48. The van der Waals surface area contributed by atoms with E-state index in [4.69, 9.17) is 0 Å². The number of hydrogen-bond acceptors (Lipinski definition) is 3. The van der Waals surface area contributed by atoms with Gasteiger partial charge in [0.25, 0.3) is 0 Å². The largest absolute Gasteiger partial charge is 0.406 e. The van der Waals surface area contributed by atoms with Gasteiger partial charge in [0.2, 0.25) is 5.91 Å². The Hall–Kier alpha value is -0.430. The first-order valence-electron chi connectivity index (χ1n) is 6.08. The molecule has 0 radical (unpaired) electrons. The van der Waals surface area contributed by atoms with Crippen molar-refractivity contribution in [1.82, 2.24) is 9.80 Å². The van der Waals surface area contributed by atoms with Gasteiger partial charge in [-0.05, 0) is 6.42 Å². The molecule has 1 amide bonds. The summed E-state index contributed by atoms with van der Waals surface area (Å²) in [5, 5.41) is 0.447. The number of alkyl halides is 3. The molecule has 7 heteroatoms. The topological polar surface area (TPSA) is 23.6 Å². The molecule has 0 aromatic carbocycles. The van der Waals surface area contributed by atoms with Crippen molar-refractivity contribution in [2.24, 2.45) is 0 Å². The second-order valence-electron chi connectivity index (χ2n) is 4.86. The van der Waals surface area contributed by atoms with Crippen molar-refractivity contribution in [3.63, 3.8) is 0 Å². The number of carbonyl (C=O) groups excluding carboxylic acids is 1. The van der Waals surface area contributed by atoms with E-state index in [2.05, 4.69) is 6.92 Å². The third-order valence-corrected chi connectivity index (χ3v) is 4.49. The minimum Gasteiger partial charge on any atom is -0.332 e. The van der Waals surface area contributed by atoms with E-state index >= 15 is 0 Å². The number of likely N-dealkylation sites (tertiary alicyclic amines) is 1. The smallest absolute Gasteiger partial charge is 0.332 e. The highest BCUT2D eigenvalue weighted by Gasteiger charge is 2.42. The minimum absolute atomic E-state index is 0.223. The number of rotatable bonds is 2. The monoisotopic (exact) mass is 282 g/mol. The summed E-state index contributed by atoms with van der Waals surface area (Å²) in [4.78, 5) is 14.9. The Labute approximate surface area is 109 Å². The van der Waals surface area contributed by atoms with Crippen LogP contribution in [0.4, 0.5) is 13.2 Å². The van der Waals surface area contributed by atoms with E-state index in [1.54, 1.807) is 0 Å². The molecule has 0 bridgehead atoms. The van der Waals surface area contributed by atoms with E-state index in [-0.39, 0.29) is 18.5 Å². The second kappa shape index (κ2) is 5.28. The third-order valence-electron chi connectivity index (χ3n) is 3.35. The molecular weight excluding hydrogens is 265 g/mol. The highest BCUT2D eigenvalue weighted by molar-refractivity contribution is 7.99. The molecule has 2 heterocycles. The fourth-order valence-electron chi connectivity index (χ4n) is 2.56. The Balaban J connectivity index is 1.94. The number of hydrogen-bond donors (Lipinski definition) is 0. The first-order chi connectivity index (χ1) is 8.37. The number of carbonyl (C=O) groups is 1. The lowest BCUT2D eigenvalue weighted by molar-refractivity contribution is -0.159. The predicted molar refractivity (Wildman–Crippen MR) is 64.5 cm³/mol. The van der Waals surface area contributed by atoms with Crippen LogP contribution in [0.3, 0.4) is 0 Å². The highest BCUT2D eigenvalue weighted by atomic mass is 32.2. The van der Waals surface area contributed by atoms with E-state index in [1.807, 2.05) is 16.7 Å². The highest BCUT2D eigenvalue weighted by Crippen LogP contribution is 2.26. The molecule has 0 spiro atoms. The predicted octanol–water partition coefficient (Wildman–Crippen LogP) is 1.59. The van der Waals surface area contributed by atoms with Crippen molar-refractivity contribution in [2.45, 2.75) is 30.8 Å². The van der Waals surface area contributed by atoms with Gasteiger partial charge in [-0.1, -0.05) is 6.92 Å². The summed E-state index contributed by atoms with van der Waals surface area (Å²) in [7, 11) is 0. The molecule has 0 aliphatic carbocycles. The van der Waals surface area contributed by atoms with Crippen LogP contribution in [0.15, 0.2) is 0 Å². The van der Waals surface area contributed by atoms with Gasteiger partial charge in [0.1, 0.15) is 6.54 Å². The summed E-state index contributed by atoms with van der Waals surface area (Å²) < 4.78 is 36.9. The molecule has 0 N–H and O–H groups in total. The summed E-state index contributed by atoms with van der Waals surface area (Å²) in [5.74, 6) is 0.593. The van der Waals surface area contributed by atoms with Gasteiger partial charge in [-0.25, -0.2) is 0 Å². The van der Waals surface area contributed by atoms with Gasteiger partial charge in [-0.2, -0.15) is 24.9 Å². The number of nitrogens with zero attached hydrogens (tertiary/aromatic N) is 2. The minimum atomic E-state index is -4.30. The third kappa shape index (κ3) is 3.32. The van der Waals surface area contributed by atoms with Crippen LogP contribution in [0.25, 0.3) is 0 Å². The van der Waals surface area contributed by atoms with Gasteiger partial charge in [0.05, 0.1) is 6.04 Å². The number of amides is 1. The fourth-order valence-corrected chi connectivity index (χ4v) is 3.60. The van der Waals surface area contributed by atoms with Gasteiger partial charge in [0, 0.05) is 30.6 Å². The summed E-state index contributed by atoms with van der Waals surface area (Å²) in [5.41, 5.74) is 0. The Morgan fingerprint density at radius 3 is 2.72 bits per heavy atom. The molecule has 18 heavy (non-hydrogen) atoms.